The number of ether oxygens (including phenoxy) is 1. The van der Waals surface area contributed by atoms with Crippen LogP contribution < -0.4 is 11.2 Å². The minimum Gasteiger partial charge on any atom is -0.394 e. The molecule has 4 atom stereocenters. The maximum absolute atomic E-state index is 10.4. The van der Waals surface area contributed by atoms with Crippen molar-refractivity contribution in [3.63, 3.8) is 0 Å². The second-order valence-corrected chi connectivity index (χ2v) is 6.12. The van der Waals surface area contributed by atoms with E-state index in [-0.39, 0.29) is 22.9 Å². The van der Waals surface area contributed by atoms with Gasteiger partial charge in [-0.25, -0.2) is 20.4 Å². The summed E-state index contributed by atoms with van der Waals surface area (Å²) in [6.45, 7) is -0.458. The number of hydrazone groups is 1. The van der Waals surface area contributed by atoms with Crippen LogP contribution >= 0.6 is 0 Å². The van der Waals surface area contributed by atoms with E-state index >= 15 is 0 Å². The van der Waals surface area contributed by atoms with Crippen LogP contribution in [0.3, 0.4) is 0 Å². The average molecular weight is 386 g/mol. The molecule has 1 saturated heterocycles. The van der Waals surface area contributed by atoms with Crippen molar-refractivity contribution in [3.05, 3.63) is 36.4 Å². The second-order valence-electron chi connectivity index (χ2n) is 6.12. The lowest BCUT2D eigenvalue weighted by atomic mass is 10.1. The molecule has 0 radical (unpaired) electrons. The third-order valence-corrected chi connectivity index (χ3v) is 4.34. The van der Waals surface area contributed by atoms with Crippen molar-refractivity contribution >= 4 is 29.1 Å². The smallest absolute Gasteiger partial charge is 0.228 e. The summed E-state index contributed by atoms with van der Waals surface area (Å²) in [4.78, 5) is 16.4. The largest absolute Gasteiger partial charge is 0.394 e. The normalized spacial score (nSPS) is 25.0. The van der Waals surface area contributed by atoms with Crippen molar-refractivity contribution in [3.8, 4) is 0 Å². The highest BCUT2D eigenvalue weighted by atomic mass is 16.6. The summed E-state index contributed by atoms with van der Waals surface area (Å²) in [5.41, 5.74) is 9.95. The van der Waals surface area contributed by atoms with E-state index in [4.69, 9.17) is 10.5 Å². The molecule has 28 heavy (non-hydrogen) atoms. The number of hydrogen-bond donors (Lipinski definition) is 5. The summed E-state index contributed by atoms with van der Waals surface area (Å²) in [7, 11) is 0. The molecule has 0 amide bonds. The molecule has 1 fully saturated rings. The standard InChI is InChI=1S/C16H18N8O4/c17-13-10-14(20-7-19-13)24(15-12(27)11(26)9(6-25)28-15)16(22-10)23-21-5-8-2-1-3-18-4-8/h1-5,7,9,11-12,15,25-27H,6H2,(H,22,23)(H2,17,19,20)/b21-5+. The first-order valence-corrected chi connectivity index (χ1v) is 8.40. The Bertz CT molecular complexity index is 995. The molecule has 1 aliphatic rings. The zero-order chi connectivity index (χ0) is 19.7. The molecule has 4 rings (SSSR count). The molecule has 0 saturated carbocycles. The van der Waals surface area contributed by atoms with E-state index in [0.717, 1.165) is 5.56 Å². The minimum absolute atomic E-state index is 0.134. The molecule has 4 heterocycles. The average Bonchev–Trinajstić information content (AvgIpc) is 3.21. The lowest BCUT2D eigenvalue weighted by Gasteiger charge is -2.18. The lowest BCUT2D eigenvalue weighted by Crippen LogP contribution is -2.33. The maximum atomic E-state index is 10.4. The third kappa shape index (κ3) is 3.14. The third-order valence-electron chi connectivity index (χ3n) is 4.34. The van der Waals surface area contributed by atoms with Crippen LogP contribution in [0, 0.1) is 0 Å². The van der Waals surface area contributed by atoms with Crippen LogP contribution in [0.2, 0.25) is 0 Å². The van der Waals surface area contributed by atoms with Crippen molar-refractivity contribution in [1.82, 2.24) is 24.5 Å². The van der Waals surface area contributed by atoms with Crippen LogP contribution in [-0.4, -0.2) is 71.0 Å². The van der Waals surface area contributed by atoms with E-state index in [9.17, 15) is 15.3 Å². The quantitative estimate of drug-likeness (QED) is 0.266. The van der Waals surface area contributed by atoms with Crippen molar-refractivity contribution in [2.75, 3.05) is 17.8 Å². The van der Waals surface area contributed by atoms with E-state index < -0.39 is 31.1 Å². The highest BCUT2D eigenvalue weighted by Crippen LogP contribution is 2.35. The van der Waals surface area contributed by atoms with Gasteiger partial charge < -0.3 is 25.8 Å². The fraction of sp³-hybridized carbons (Fsp3) is 0.312. The van der Waals surface area contributed by atoms with Gasteiger partial charge in [0.2, 0.25) is 5.95 Å². The van der Waals surface area contributed by atoms with E-state index in [1.54, 1.807) is 18.5 Å². The number of pyridine rings is 1. The Morgan fingerprint density at radius 1 is 1.32 bits per heavy atom. The summed E-state index contributed by atoms with van der Waals surface area (Å²) in [5, 5.41) is 34.0. The highest BCUT2D eigenvalue weighted by molar-refractivity contribution is 5.84. The number of anilines is 2. The lowest BCUT2D eigenvalue weighted by molar-refractivity contribution is -0.0501. The van der Waals surface area contributed by atoms with E-state index in [0.29, 0.717) is 0 Å². The Balaban J connectivity index is 1.73. The number of fused-ring (bicyclic) bond motifs is 1. The highest BCUT2D eigenvalue weighted by Gasteiger charge is 2.45. The fourth-order valence-corrected chi connectivity index (χ4v) is 2.96. The van der Waals surface area contributed by atoms with Gasteiger partial charge in [0.15, 0.2) is 23.2 Å². The number of nitrogen functional groups attached to an aromatic ring is 1. The van der Waals surface area contributed by atoms with Crippen molar-refractivity contribution in [2.24, 2.45) is 5.10 Å². The summed E-state index contributed by atoms with van der Waals surface area (Å²) in [6.07, 6.45) is 1.43. The Morgan fingerprint density at radius 2 is 2.18 bits per heavy atom. The first-order chi connectivity index (χ1) is 13.6. The number of nitrogens with zero attached hydrogens (tertiary/aromatic N) is 6. The Kier molecular flexibility index (Phi) is 4.83. The summed E-state index contributed by atoms with van der Waals surface area (Å²) < 4.78 is 7.02. The molecular formula is C16H18N8O4. The molecule has 6 N–H and O–H groups in total. The molecule has 4 unspecified atom stereocenters. The van der Waals surface area contributed by atoms with Crippen LogP contribution in [0.15, 0.2) is 36.0 Å². The molecule has 3 aromatic rings. The molecule has 1 aliphatic heterocycles. The predicted octanol–water partition coefficient (Wildman–Crippen LogP) is -1.14. The van der Waals surface area contributed by atoms with Gasteiger partial charge in [-0.2, -0.15) is 5.10 Å². The van der Waals surface area contributed by atoms with E-state index in [1.165, 1.54) is 17.1 Å². The van der Waals surface area contributed by atoms with E-state index in [2.05, 4.69) is 30.5 Å². The Morgan fingerprint density at radius 3 is 2.89 bits per heavy atom. The molecule has 12 heteroatoms. The van der Waals surface area contributed by atoms with Crippen LogP contribution in [-0.2, 0) is 4.74 Å². The number of imidazole rings is 1. The molecule has 146 valence electrons. The topological polar surface area (TPSA) is 177 Å². The van der Waals surface area contributed by atoms with Crippen LogP contribution in [0.1, 0.15) is 11.8 Å². The SMILES string of the molecule is Nc1ncnc2c1nc(N/N=C/c1cccnc1)n2C1OC(CO)C(O)C1O. The van der Waals surface area contributed by atoms with Gasteiger partial charge in [-0.05, 0) is 6.07 Å². The summed E-state index contributed by atoms with van der Waals surface area (Å²) in [5.74, 6) is 0.298. The Labute approximate surface area is 158 Å². The fourth-order valence-electron chi connectivity index (χ4n) is 2.96. The summed E-state index contributed by atoms with van der Waals surface area (Å²) >= 11 is 0. The Hall–Kier alpha value is -3.19. The molecule has 0 aliphatic carbocycles. The number of aliphatic hydroxyl groups excluding tert-OH is 3. The molecule has 0 spiro atoms. The van der Waals surface area contributed by atoms with Crippen LogP contribution in [0.25, 0.3) is 11.2 Å². The zero-order valence-corrected chi connectivity index (χ0v) is 14.5. The van der Waals surface area contributed by atoms with Gasteiger partial charge in [0.1, 0.15) is 24.6 Å². The number of nitrogens with two attached hydrogens (primary N) is 1. The van der Waals surface area contributed by atoms with Gasteiger partial charge >= 0.3 is 0 Å². The first-order valence-electron chi connectivity index (χ1n) is 8.40. The number of rotatable bonds is 5. The van der Waals surface area contributed by atoms with Crippen molar-refractivity contribution in [2.45, 2.75) is 24.5 Å². The predicted molar refractivity (Wildman–Crippen MR) is 98.2 cm³/mol. The molecule has 0 bridgehead atoms. The van der Waals surface area contributed by atoms with E-state index in [1.807, 2.05) is 6.07 Å². The van der Waals surface area contributed by atoms with Gasteiger partial charge in [0, 0.05) is 18.0 Å². The van der Waals surface area contributed by atoms with Gasteiger partial charge in [-0.15, -0.1) is 0 Å². The van der Waals surface area contributed by atoms with Gasteiger partial charge in [0.25, 0.3) is 0 Å². The van der Waals surface area contributed by atoms with Gasteiger partial charge in [0.05, 0.1) is 12.8 Å². The number of hydrogen-bond acceptors (Lipinski definition) is 11. The van der Waals surface area contributed by atoms with Crippen molar-refractivity contribution in [1.29, 1.82) is 0 Å². The summed E-state index contributed by atoms with van der Waals surface area (Å²) in [6, 6.07) is 3.59. The molecule has 3 aromatic heterocycles. The molecule has 12 nitrogen and oxygen atoms in total. The number of aliphatic hydroxyl groups is 3. The number of aromatic nitrogens is 5. The second kappa shape index (κ2) is 7.44. The maximum Gasteiger partial charge on any atom is 0.228 e. The monoisotopic (exact) mass is 386 g/mol. The minimum atomic E-state index is -1.33. The van der Waals surface area contributed by atoms with Crippen LogP contribution in [0.4, 0.5) is 11.8 Å². The molecular weight excluding hydrogens is 368 g/mol. The van der Waals surface area contributed by atoms with Gasteiger partial charge in [-0.1, -0.05) is 6.07 Å². The molecule has 0 aromatic carbocycles. The van der Waals surface area contributed by atoms with Crippen molar-refractivity contribution < 1.29 is 20.1 Å². The zero-order valence-electron chi connectivity index (χ0n) is 14.5. The van der Waals surface area contributed by atoms with Crippen LogP contribution in [0.5, 0.6) is 0 Å². The van der Waals surface area contributed by atoms with Gasteiger partial charge in [-0.3, -0.25) is 9.55 Å². The number of nitrogens with one attached hydrogen (secondary N) is 1. The first kappa shape index (κ1) is 18.2.